The topological polar surface area (TPSA) is 60.0 Å². The fourth-order valence-corrected chi connectivity index (χ4v) is 3.20. The lowest BCUT2D eigenvalue weighted by Crippen LogP contribution is -2.02. The van der Waals surface area contributed by atoms with Crippen LogP contribution in [0.5, 0.6) is 23.0 Å². The van der Waals surface area contributed by atoms with Crippen molar-refractivity contribution in [3.05, 3.63) is 36.4 Å². The Morgan fingerprint density at radius 1 is 0.700 bits per heavy atom. The highest BCUT2D eigenvalue weighted by molar-refractivity contribution is 7.91. The van der Waals surface area contributed by atoms with Crippen molar-refractivity contribution in [2.24, 2.45) is 0 Å². The molecule has 5 nitrogen and oxygen atoms in total. The van der Waals surface area contributed by atoms with E-state index < -0.39 is 11.2 Å². The van der Waals surface area contributed by atoms with Gasteiger partial charge >= 0.3 is 0 Å². The third-order valence-corrected chi connectivity index (χ3v) is 4.48. The number of benzene rings is 2. The van der Waals surface area contributed by atoms with Crippen LogP contribution in [0.2, 0.25) is 0 Å². The lowest BCUT2D eigenvalue weighted by Gasteiger charge is -2.10. The Morgan fingerprint density at radius 3 is 1.65 bits per heavy atom. The van der Waals surface area contributed by atoms with Crippen LogP contribution < -0.4 is 18.9 Å². The number of ether oxygens (including phenoxy) is 4. The van der Waals surface area contributed by atoms with Crippen LogP contribution in [0.15, 0.2) is 46.2 Å². The maximum atomic E-state index is 12.6. The molecule has 2 aliphatic heterocycles. The summed E-state index contributed by atoms with van der Waals surface area (Å²) >= 11 is -1.30. The van der Waals surface area contributed by atoms with Crippen LogP contribution in [0.4, 0.5) is 0 Å². The van der Waals surface area contributed by atoms with E-state index in [-0.39, 0.29) is 13.6 Å². The van der Waals surface area contributed by atoms with Crippen molar-refractivity contribution in [1.82, 2.24) is 0 Å². The van der Waals surface area contributed by atoms with Gasteiger partial charge in [0.1, 0.15) is 0 Å². The molecule has 0 spiro atoms. The first-order chi connectivity index (χ1) is 9.81. The van der Waals surface area contributed by atoms with E-state index in [0.717, 1.165) is 0 Å². The van der Waals surface area contributed by atoms with Crippen LogP contribution in [0.1, 0.15) is 0 Å². The molecule has 102 valence electrons. The molecule has 0 N–H and O–H groups in total. The monoisotopic (exact) mass is 290 g/mol. The lowest BCUT2D eigenvalue weighted by molar-refractivity contribution is 0.173. The molecule has 2 aromatic carbocycles. The summed E-state index contributed by atoms with van der Waals surface area (Å²) in [5.74, 6) is 2.60. The largest absolute Gasteiger partial charge is 0.606 e. The molecule has 20 heavy (non-hydrogen) atoms. The van der Waals surface area contributed by atoms with E-state index in [1.807, 2.05) is 0 Å². The molecular formula is C14H10O5S. The van der Waals surface area contributed by atoms with E-state index in [4.69, 9.17) is 18.9 Å². The van der Waals surface area contributed by atoms with Crippen molar-refractivity contribution in [3.63, 3.8) is 0 Å². The highest BCUT2D eigenvalue weighted by Crippen LogP contribution is 2.38. The van der Waals surface area contributed by atoms with Crippen molar-refractivity contribution in [1.29, 1.82) is 0 Å². The Labute approximate surface area is 118 Å². The predicted octanol–water partition coefficient (Wildman–Crippen LogP) is 2.31. The SMILES string of the molecule is [O-][S+](c1ccc2c(c1)OCO2)c1ccc2c(c1)OCO2. The van der Waals surface area contributed by atoms with Crippen LogP contribution in [-0.4, -0.2) is 18.1 Å². The van der Waals surface area contributed by atoms with E-state index in [0.29, 0.717) is 32.8 Å². The quantitative estimate of drug-likeness (QED) is 0.794. The normalized spacial score (nSPS) is 14.9. The molecule has 6 heteroatoms. The highest BCUT2D eigenvalue weighted by atomic mass is 32.2. The maximum Gasteiger partial charge on any atom is 0.231 e. The second-order valence-electron chi connectivity index (χ2n) is 4.30. The van der Waals surface area contributed by atoms with Crippen molar-refractivity contribution >= 4 is 11.2 Å². The van der Waals surface area contributed by atoms with E-state index in [9.17, 15) is 4.55 Å². The standard InChI is InChI=1S/C14H10O5S/c15-20(9-1-3-11-13(5-9)18-7-16-11)10-2-4-12-14(6-10)19-8-17-12/h1-6H,7-8H2. The minimum absolute atomic E-state index is 0.204. The van der Waals surface area contributed by atoms with Crippen LogP contribution in [0, 0.1) is 0 Å². The first-order valence-electron chi connectivity index (χ1n) is 6.02. The number of hydrogen-bond donors (Lipinski definition) is 0. The lowest BCUT2D eigenvalue weighted by atomic mass is 10.3. The predicted molar refractivity (Wildman–Crippen MR) is 69.8 cm³/mol. The second-order valence-corrected chi connectivity index (χ2v) is 5.78. The van der Waals surface area contributed by atoms with Gasteiger partial charge in [-0.3, -0.25) is 0 Å². The van der Waals surface area contributed by atoms with E-state index in [1.54, 1.807) is 36.4 Å². The molecule has 4 rings (SSSR count). The second kappa shape index (κ2) is 4.50. The molecule has 0 aromatic heterocycles. The van der Waals surface area contributed by atoms with Crippen LogP contribution in [0.25, 0.3) is 0 Å². The summed E-state index contributed by atoms with van der Waals surface area (Å²) in [6.07, 6.45) is 0. The molecule has 0 amide bonds. The van der Waals surface area contributed by atoms with E-state index >= 15 is 0 Å². The van der Waals surface area contributed by atoms with Crippen LogP contribution in [0.3, 0.4) is 0 Å². The summed E-state index contributed by atoms with van der Waals surface area (Å²) < 4.78 is 33.6. The van der Waals surface area contributed by atoms with Gasteiger partial charge in [0.05, 0.1) is 0 Å². The van der Waals surface area contributed by atoms with Crippen molar-refractivity contribution < 1.29 is 23.5 Å². The molecule has 0 atom stereocenters. The summed E-state index contributed by atoms with van der Waals surface area (Å²) in [6.45, 7) is 0.408. The van der Waals surface area contributed by atoms with Gasteiger partial charge in [-0.25, -0.2) is 0 Å². The highest BCUT2D eigenvalue weighted by Gasteiger charge is 2.23. The van der Waals surface area contributed by atoms with Crippen LogP contribution >= 0.6 is 0 Å². The van der Waals surface area contributed by atoms with Crippen molar-refractivity contribution in [3.8, 4) is 23.0 Å². The Hall–Kier alpha value is -2.05. The molecule has 0 bridgehead atoms. The molecule has 0 saturated carbocycles. The van der Waals surface area contributed by atoms with Crippen LogP contribution in [-0.2, 0) is 11.2 Å². The van der Waals surface area contributed by atoms with Gasteiger partial charge in [-0.1, -0.05) is 0 Å². The van der Waals surface area contributed by atoms with Gasteiger partial charge in [0.2, 0.25) is 13.6 Å². The van der Waals surface area contributed by atoms with Gasteiger partial charge in [-0.2, -0.15) is 0 Å². The maximum absolute atomic E-state index is 12.6. The fourth-order valence-electron chi connectivity index (χ4n) is 2.12. The number of fused-ring (bicyclic) bond motifs is 2. The first kappa shape index (κ1) is 11.7. The Balaban J connectivity index is 1.68. The Bertz CT molecular complexity index is 615. The molecule has 2 aromatic rings. The average Bonchev–Trinajstić information content (AvgIpc) is 3.13. The molecule has 0 saturated heterocycles. The Kier molecular flexibility index (Phi) is 2.64. The summed E-state index contributed by atoms with van der Waals surface area (Å²) in [6, 6.07) is 10.6. The molecule has 0 aliphatic carbocycles. The summed E-state index contributed by atoms with van der Waals surface area (Å²) in [5.41, 5.74) is 0. The van der Waals surface area contributed by atoms with E-state index in [2.05, 4.69) is 0 Å². The molecule has 2 heterocycles. The number of rotatable bonds is 2. The van der Waals surface area contributed by atoms with Gasteiger partial charge in [-0.05, 0) is 24.3 Å². The van der Waals surface area contributed by atoms with E-state index in [1.165, 1.54) is 0 Å². The fraction of sp³-hybridized carbons (Fsp3) is 0.143. The third kappa shape index (κ3) is 1.85. The molecule has 2 aliphatic rings. The molecular weight excluding hydrogens is 280 g/mol. The third-order valence-electron chi connectivity index (χ3n) is 3.12. The first-order valence-corrected chi connectivity index (χ1v) is 7.17. The van der Waals surface area contributed by atoms with Gasteiger partial charge in [0, 0.05) is 23.3 Å². The molecule has 0 unspecified atom stereocenters. The minimum atomic E-state index is -1.30. The summed E-state index contributed by atoms with van der Waals surface area (Å²) in [7, 11) is 0. The zero-order valence-electron chi connectivity index (χ0n) is 10.3. The number of hydrogen-bond acceptors (Lipinski definition) is 5. The summed E-state index contributed by atoms with van der Waals surface area (Å²) in [4.78, 5) is 1.32. The summed E-state index contributed by atoms with van der Waals surface area (Å²) in [5, 5.41) is 0. The smallest absolute Gasteiger partial charge is 0.231 e. The Morgan fingerprint density at radius 2 is 1.15 bits per heavy atom. The van der Waals surface area contributed by atoms with Gasteiger partial charge < -0.3 is 23.5 Å². The van der Waals surface area contributed by atoms with Gasteiger partial charge in [-0.15, -0.1) is 0 Å². The van der Waals surface area contributed by atoms with Gasteiger partial charge in [0.15, 0.2) is 32.8 Å². The van der Waals surface area contributed by atoms with Crippen molar-refractivity contribution in [2.45, 2.75) is 9.79 Å². The molecule has 0 fully saturated rings. The minimum Gasteiger partial charge on any atom is -0.606 e. The zero-order valence-corrected chi connectivity index (χ0v) is 11.1. The van der Waals surface area contributed by atoms with Gasteiger partial charge in [0.25, 0.3) is 0 Å². The average molecular weight is 290 g/mol. The zero-order chi connectivity index (χ0) is 13.5. The van der Waals surface area contributed by atoms with Crippen molar-refractivity contribution in [2.75, 3.05) is 13.6 Å². The molecule has 0 radical (unpaired) electrons.